The molecule has 0 bridgehead atoms. The predicted octanol–water partition coefficient (Wildman–Crippen LogP) is 3.99. The maximum Gasteiger partial charge on any atom is 0.0659 e. The van der Waals surface area contributed by atoms with Crippen LogP contribution in [0.2, 0.25) is 0 Å². The number of hydrogen-bond donors (Lipinski definition) is 0. The standard InChI is InChI=1S/C13H23ClO/c1-3-13(4-2)11(14)9-12(13)15-8-7-10-5-6-10/h10-12H,3-9H2,1-2H3. The van der Waals surface area contributed by atoms with E-state index in [0.717, 1.165) is 31.8 Å². The lowest BCUT2D eigenvalue weighted by atomic mass is 9.62. The summed E-state index contributed by atoms with van der Waals surface area (Å²) in [6.45, 7) is 5.45. The predicted molar refractivity (Wildman–Crippen MR) is 64.4 cm³/mol. The van der Waals surface area contributed by atoms with Crippen LogP contribution in [0, 0.1) is 11.3 Å². The van der Waals surface area contributed by atoms with Crippen molar-refractivity contribution in [3.05, 3.63) is 0 Å². The second-order valence-corrected chi connectivity index (χ2v) is 5.76. The molecule has 2 unspecified atom stereocenters. The molecule has 2 rings (SSSR count). The van der Waals surface area contributed by atoms with E-state index in [1.54, 1.807) is 0 Å². The molecule has 0 aromatic rings. The molecular weight excluding hydrogens is 208 g/mol. The van der Waals surface area contributed by atoms with Crippen LogP contribution in [-0.2, 0) is 4.74 Å². The Morgan fingerprint density at radius 3 is 2.40 bits per heavy atom. The molecule has 2 aliphatic carbocycles. The van der Waals surface area contributed by atoms with Crippen molar-refractivity contribution in [2.75, 3.05) is 6.61 Å². The number of halogens is 1. The number of alkyl halides is 1. The molecule has 15 heavy (non-hydrogen) atoms. The summed E-state index contributed by atoms with van der Waals surface area (Å²) < 4.78 is 6.01. The van der Waals surface area contributed by atoms with E-state index in [4.69, 9.17) is 16.3 Å². The van der Waals surface area contributed by atoms with Gasteiger partial charge in [0, 0.05) is 17.4 Å². The van der Waals surface area contributed by atoms with Crippen LogP contribution in [0.1, 0.15) is 52.4 Å². The first-order valence-electron chi connectivity index (χ1n) is 6.48. The van der Waals surface area contributed by atoms with Gasteiger partial charge < -0.3 is 4.74 Å². The zero-order valence-corrected chi connectivity index (χ0v) is 10.7. The van der Waals surface area contributed by atoms with Crippen molar-refractivity contribution in [3.8, 4) is 0 Å². The fourth-order valence-electron chi connectivity index (χ4n) is 2.86. The van der Waals surface area contributed by atoms with E-state index in [2.05, 4.69) is 13.8 Å². The third kappa shape index (κ3) is 2.19. The van der Waals surface area contributed by atoms with E-state index in [1.165, 1.54) is 19.3 Å². The van der Waals surface area contributed by atoms with Crippen LogP contribution < -0.4 is 0 Å². The Labute approximate surface area is 98.5 Å². The van der Waals surface area contributed by atoms with Crippen LogP contribution >= 0.6 is 11.6 Å². The molecule has 2 aliphatic rings. The Bertz CT molecular complexity index is 209. The van der Waals surface area contributed by atoms with Gasteiger partial charge in [-0.1, -0.05) is 26.7 Å². The van der Waals surface area contributed by atoms with Crippen molar-refractivity contribution < 1.29 is 4.74 Å². The highest BCUT2D eigenvalue weighted by Gasteiger charge is 2.52. The molecule has 2 saturated carbocycles. The zero-order valence-electron chi connectivity index (χ0n) is 9.97. The molecule has 0 aromatic carbocycles. The lowest BCUT2D eigenvalue weighted by Gasteiger charge is -2.52. The second kappa shape index (κ2) is 4.63. The minimum atomic E-state index is 0.283. The van der Waals surface area contributed by atoms with Gasteiger partial charge in [-0.3, -0.25) is 0 Å². The van der Waals surface area contributed by atoms with Gasteiger partial charge in [0.1, 0.15) is 0 Å². The first-order valence-corrected chi connectivity index (χ1v) is 6.92. The number of ether oxygens (including phenoxy) is 1. The van der Waals surface area contributed by atoms with Gasteiger partial charge in [-0.15, -0.1) is 11.6 Å². The zero-order chi connectivity index (χ0) is 10.9. The Morgan fingerprint density at radius 1 is 1.27 bits per heavy atom. The van der Waals surface area contributed by atoms with E-state index in [-0.39, 0.29) is 5.41 Å². The maximum absolute atomic E-state index is 6.34. The Hall–Kier alpha value is 0.250. The molecule has 0 spiro atoms. The highest BCUT2D eigenvalue weighted by Crippen LogP contribution is 2.52. The summed E-state index contributed by atoms with van der Waals surface area (Å²) in [7, 11) is 0. The van der Waals surface area contributed by atoms with Crippen molar-refractivity contribution in [2.45, 2.75) is 63.9 Å². The van der Waals surface area contributed by atoms with E-state index < -0.39 is 0 Å². The average Bonchev–Trinajstić information content (AvgIpc) is 3.02. The van der Waals surface area contributed by atoms with Gasteiger partial charge >= 0.3 is 0 Å². The van der Waals surface area contributed by atoms with Crippen molar-refractivity contribution >= 4 is 11.6 Å². The van der Waals surface area contributed by atoms with Crippen LogP contribution in [0.15, 0.2) is 0 Å². The van der Waals surface area contributed by atoms with Gasteiger partial charge in [-0.25, -0.2) is 0 Å². The molecule has 0 radical (unpaired) electrons. The third-order valence-corrected chi connectivity index (χ3v) is 5.16. The summed E-state index contributed by atoms with van der Waals surface area (Å²) in [5, 5.41) is 0.346. The maximum atomic E-state index is 6.34. The van der Waals surface area contributed by atoms with Gasteiger partial charge in [-0.05, 0) is 31.6 Å². The molecule has 88 valence electrons. The van der Waals surface area contributed by atoms with Crippen LogP contribution in [0.4, 0.5) is 0 Å². The van der Waals surface area contributed by atoms with Gasteiger partial charge in [0.2, 0.25) is 0 Å². The van der Waals surface area contributed by atoms with Gasteiger partial charge in [-0.2, -0.15) is 0 Å². The van der Waals surface area contributed by atoms with Crippen LogP contribution in [0.25, 0.3) is 0 Å². The van der Waals surface area contributed by atoms with Crippen molar-refractivity contribution in [1.29, 1.82) is 0 Å². The van der Waals surface area contributed by atoms with E-state index in [0.29, 0.717) is 11.5 Å². The lowest BCUT2D eigenvalue weighted by Crippen LogP contribution is -2.55. The van der Waals surface area contributed by atoms with E-state index in [1.807, 2.05) is 0 Å². The van der Waals surface area contributed by atoms with Gasteiger partial charge in [0.25, 0.3) is 0 Å². The Kier molecular flexibility index (Phi) is 3.62. The average molecular weight is 231 g/mol. The molecule has 0 saturated heterocycles. The van der Waals surface area contributed by atoms with Crippen LogP contribution in [0.3, 0.4) is 0 Å². The van der Waals surface area contributed by atoms with E-state index in [9.17, 15) is 0 Å². The van der Waals surface area contributed by atoms with Crippen molar-refractivity contribution in [3.63, 3.8) is 0 Å². The monoisotopic (exact) mass is 230 g/mol. The molecule has 0 aliphatic heterocycles. The Morgan fingerprint density at radius 2 is 1.93 bits per heavy atom. The fourth-order valence-corrected chi connectivity index (χ4v) is 3.48. The Balaban J connectivity index is 1.76. The first-order chi connectivity index (χ1) is 7.23. The number of hydrogen-bond acceptors (Lipinski definition) is 1. The number of rotatable bonds is 6. The minimum absolute atomic E-state index is 0.283. The summed E-state index contributed by atoms with van der Waals surface area (Å²) in [5.41, 5.74) is 0.283. The molecule has 0 aromatic heterocycles. The molecular formula is C13H23ClO. The normalized spacial score (nSPS) is 33.8. The minimum Gasteiger partial charge on any atom is -0.378 e. The smallest absolute Gasteiger partial charge is 0.0659 e. The quantitative estimate of drug-likeness (QED) is 0.627. The topological polar surface area (TPSA) is 9.23 Å². The fraction of sp³-hybridized carbons (Fsp3) is 1.00. The molecule has 1 nitrogen and oxygen atoms in total. The van der Waals surface area contributed by atoms with Crippen molar-refractivity contribution in [1.82, 2.24) is 0 Å². The lowest BCUT2D eigenvalue weighted by molar-refractivity contribution is -0.113. The molecule has 2 atom stereocenters. The summed E-state index contributed by atoms with van der Waals surface area (Å²) in [6.07, 6.45) is 7.95. The van der Waals surface area contributed by atoms with Crippen LogP contribution in [0.5, 0.6) is 0 Å². The van der Waals surface area contributed by atoms with Gasteiger partial charge in [0.15, 0.2) is 0 Å². The summed E-state index contributed by atoms with van der Waals surface area (Å²) in [6, 6.07) is 0. The first kappa shape index (κ1) is 11.7. The third-order valence-electron chi connectivity index (χ3n) is 4.54. The van der Waals surface area contributed by atoms with E-state index >= 15 is 0 Å². The molecule has 0 N–H and O–H groups in total. The highest BCUT2D eigenvalue weighted by molar-refractivity contribution is 6.21. The van der Waals surface area contributed by atoms with Crippen molar-refractivity contribution in [2.24, 2.45) is 11.3 Å². The summed E-state index contributed by atoms with van der Waals surface area (Å²) in [4.78, 5) is 0. The SMILES string of the molecule is CCC1(CC)C(Cl)CC1OCCC1CC1. The summed E-state index contributed by atoms with van der Waals surface area (Å²) in [5.74, 6) is 0.981. The molecule has 0 amide bonds. The second-order valence-electron chi connectivity index (χ2n) is 5.23. The molecule has 2 fully saturated rings. The van der Waals surface area contributed by atoms with Crippen LogP contribution in [-0.4, -0.2) is 18.1 Å². The summed E-state index contributed by atoms with van der Waals surface area (Å²) >= 11 is 6.34. The molecule has 2 heteroatoms. The molecule has 0 heterocycles. The highest BCUT2D eigenvalue weighted by atomic mass is 35.5. The largest absolute Gasteiger partial charge is 0.378 e. The van der Waals surface area contributed by atoms with Gasteiger partial charge in [0.05, 0.1) is 6.10 Å².